The summed E-state index contributed by atoms with van der Waals surface area (Å²) in [7, 11) is 1.42. The number of halogens is 5. The van der Waals surface area contributed by atoms with Gasteiger partial charge in [0.25, 0.3) is 5.91 Å². The van der Waals surface area contributed by atoms with Crippen molar-refractivity contribution in [3.8, 4) is 5.75 Å². The van der Waals surface area contributed by atoms with E-state index in [9.17, 15) is 31.9 Å². The predicted molar refractivity (Wildman–Crippen MR) is 86.1 cm³/mol. The molecule has 0 saturated carbocycles. The highest BCUT2D eigenvalue weighted by Crippen LogP contribution is 2.43. The van der Waals surface area contributed by atoms with Crippen LogP contribution in [0.2, 0.25) is 0 Å². The molecule has 4 nitrogen and oxygen atoms in total. The van der Waals surface area contributed by atoms with Crippen LogP contribution in [0.15, 0.2) is 48.5 Å². The lowest BCUT2D eigenvalue weighted by Crippen LogP contribution is -2.55. The maximum atomic E-state index is 14.1. The summed E-state index contributed by atoms with van der Waals surface area (Å²) in [5.74, 6) is -13.2. The van der Waals surface area contributed by atoms with E-state index < -0.39 is 41.8 Å². The Labute approximate surface area is 151 Å². The van der Waals surface area contributed by atoms with Crippen LogP contribution in [0.1, 0.15) is 17.2 Å². The van der Waals surface area contributed by atoms with E-state index in [1.165, 1.54) is 31.4 Å². The van der Waals surface area contributed by atoms with Gasteiger partial charge in [-0.1, -0.05) is 24.3 Å². The first-order chi connectivity index (χ1) is 12.6. The number of carbonyl (C=O) groups is 1. The predicted octanol–water partition coefficient (Wildman–Crippen LogP) is 3.45. The van der Waals surface area contributed by atoms with Gasteiger partial charge in [-0.2, -0.15) is 17.6 Å². The molecule has 0 aliphatic carbocycles. The van der Waals surface area contributed by atoms with Crippen LogP contribution in [0.5, 0.6) is 5.75 Å². The molecular weight excluding hydrogens is 373 g/mol. The first-order valence-electron chi connectivity index (χ1n) is 7.70. The van der Waals surface area contributed by atoms with Crippen molar-refractivity contribution in [2.24, 2.45) is 0 Å². The zero-order chi connectivity index (χ0) is 20.2. The molecule has 0 aromatic heterocycles. The number of aliphatic hydroxyl groups excluding tert-OH is 1. The molecule has 0 aliphatic heterocycles. The second-order valence-electron chi connectivity index (χ2n) is 5.69. The highest BCUT2D eigenvalue weighted by Gasteiger charge is 2.66. The quantitative estimate of drug-likeness (QED) is 0.714. The molecule has 2 aromatic rings. The number of alkyl halides is 4. The molecule has 9 heteroatoms. The summed E-state index contributed by atoms with van der Waals surface area (Å²) in [6.07, 6.45) is -3.07. The third-order valence-corrected chi connectivity index (χ3v) is 3.82. The minimum atomic E-state index is -5.23. The van der Waals surface area contributed by atoms with E-state index in [1.807, 2.05) is 0 Å². The van der Waals surface area contributed by atoms with Crippen LogP contribution < -0.4 is 10.1 Å². The normalized spacial score (nSPS) is 13.1. The Bertz CT molecular complexity index is 796. The van der Waals surface area contributed by atoms with Gasteiger partial charge in [-0.05, 0) is 35.4 Å². The third kappa shape index (κ3) is 4.36. The molecule has 0 heterocycles. The molecule has 0 saturated heterocycles. The van der Waals surface area contributed by atoms with Crippen molar-refractivity contribution in [2.45, 2.75) is 24.5 Å². The highest BCUT2D eigenvalue weighted by molar-refractivity contribution is 5.84. The summed E-state index contributed by atoms with van der Waals surface area (Å²) >= 11 is 0. The van der Waals surface area contributed by atoms with Gasteiger partial charge >= 0.3 is 11.8 Å². The molecule has 146 valence electrons. The minimum absolute atomic E-state index is 0.369. The fourth-order valence-corrected chi connectivity index (χ4v) is 2.25. The molecule has 1 atom stereocenters. The molecular formula is C18H16F5NO3. The molecule has 27 heavy (non-hydrogen) atoms. The summed E-state index contributed by atoms with van der Waals surface area (Å²) in [6, 6.07) is 9.13. The number of carbonyl (C=O) groups excluding carboxylic acids is 1. The SMILES string of the molecule is COc1ccc(CNC(=O)C(F)(F)C(F)(F)C(O)c2cccc(F)c2)cc1. The second kappa shape index (κ2) is 7.91. The molecule has 2 aromatic carbocycles. The van der Waals surface area contributed by atoms with Gasteiger partial charge in [0.2, 0.25) is 0 Å². The van der Waals surface area contributed by atoms with Gasteiger partial charge in [-0.25, -0.2) is 4.39 Å². The minimum Gasteiger partial charge on any atom is -0.497 e. The number of benzene rings is 2. The molecule has 0 fully saturated rings. The van der Waals surface area contributed by atoms with E-state index in [1.54, 1.807) is 5.32 Å². The smallest absolute Gasteiger partial charge is 0.389 e. The lowest BCUT2D eigenvalue weighted by atomic mass is 9.98. The Morgan fingerprint density at radius 2 is 1.78 bits per heavy atom. The van der Waals surface area contributed by atoms with Gasteiger partial charge < -0.3 is 15.2 Å². The summed E-state index contributed by atoms with van der Waals surface area (Å²) in [5, 5.41) is 11.3. The lowest BCUT2D eigenvalue weighted by molar-refractivity contribution is -0.247. The van der Waals surface area contributed by atoms with E-state index in [0.717, 1.165) is 18.2 Å². The van der Waals surface area contributed by atoms with Gasteiger partial charge in [0.05, 0.1) is 7.11 Å². The van der Waals surface area contributed by atoms with Crippen molar-refractivity contribution in [1.82, 2.24) is 5.32 Å². The zero-order valence-electron chi connectivity index (χ0n) is 14.1. The first-order valence-corrected chi connectivity index (χ1v) is 7.70. The molecule has 2 N–H and O–H groups in total. The number of nitrogens with one attached hydrogen (secondary N) is 1. The van der Waals surface area contributed by atoms with Crippen molar-refractivity contribution >= 4 is 5.91 Å². The van der Waals surface area contributed by atoms with Gasteiger partial charge in [-0.3, -0.25) is 4.79 Å². The Kier molecular flexibility index (Phi) is 6.04. The van der Waals surface area contributed by atoms with Crippen LogP contribution in [0, 0.1) is 5.82 Å². The molecule has 0 bridgehead atoms. The number of methoxy groups -OCH3 is 1. The summed E-state index contributed by atoms with van der Waals surface area (Å²) in [4.78, 5) is 11.7. The van der Waals surface area contributed by atoms with Crippen LogP contribution in [-0.4, -0.2) is 30.0 Å². The summed E-state index contributed by atoms with van der Waals surface area (Å²) in [5.41, 5.74) is -0.406. The van der Waals surface area contributed by atoms with Crippen molar-refractivity contribution in [3.05, 3.63) is 65.5 Å². The van der Waals surface area contributed by atoms with E-state index >= 15 is 0 Å². The zero-order valence-corrected chi connectivity index (χ0v) is 14.1. The van der Waals surface area contributed by atoms with Crippen LogP contribution in [-0.2, 0) is 11.3 Å². The lowest BCUT2D eigenvalue weighted by Gasteiger charge is -2.29. The second-order valence-corrected chi connectivity index (χ2v) is 5.69. The fraction of sp³-hybridized carbons (Fsp3) is 0.278. The van der Waals surface area contributed by atoms with Gasteiger partial charge in [0.1, 0.15) is 17.7 Å². The summed E-state index contributed by atoms with van der Waals surface area (Å²) < 4.78 is 74.2. The van der Waals surface area contributed by atoms with E-state index in [0.29, 0.717) is 17.4 Å². The average Bonchev–Trinajstić information content (AvgIpc) is 2.65. The summed E-state index contributed by atoms with van der Waals surface area (Å²) in [6.45, 7) is -0.440. The molecule has 0 aliphatic rings. The number of rotatable bonds is 7. The topological polar surface area (TPSA) is 58.6 Å². The standard InChI is InChI=1S/C18H16F5NO3/c1-27-14-7-5-11(6-8-14)10-24-16(26)18(22,23)17(20,21)15(25)12-3-2-4-13(19)9-12/h2-9,15,25H,10H2,1H3,(H,24,26). The van der Waals surface area contributed by atoms with Crippen LogP contribution in [0.4, 0.5) is 22.0 Å². The largest absolute Gasteiger partial charge is 0.497 e. The molecule has 0 radical (unpaired) electrons. The Morgan fingerprint density at radius 3 is 2.33 bits per heavy atom. The van der Waals surface area contributed by atoms with Gasteiger partial charge in [0.15, 0.2) is 0 Å². The van der Waals surface area contributed by atoms with E-state index in [4.69, 9.17) is 4.74 Å². The van der Waals surface area contributed by atoms with Crippen LogP contribution in [0.25, 0.3) is 0 Å². The third-order valence-electron chi connectivity index (χ3n) is 3.82. The van der Waals surface area contributed by atoms with Crippen molar-refractivity contribution in [3.63, 3.8) is 0 Å². The maximum absolute atomic E-state index is 14.1. The molecule has 1 unspecified atom stereocenters. The van der Waals surface area contributed by atoms with E-state index in [-0.39, 0.29) is 0 Å². The number of hydrogen-bond acceptors (Lipinski definition) is 3. The number of hydrogen-bond donors (Lipinski definition) is 2. The number of aliphatic hydroxyl groups is 1. The van der Waals surface area contributed by atoms with Gasteiger partial charge in [0, 0.05) is 6.54 Å². The van der Waals surface area contributed by atoms with Gasteiger partial charge in [-0.15, -0.1) is 0 Å². The Hall–Kier alpha value is -2.68. The number of ether oxygens (including phenoxy) is 1. The number of amides is 1. The Morgan fingerprint density at radius 1 is 1.15 bits per heavy atom. The average molecular weight is 389 g/mol. The van der Waals surface area contributed by atoms with Crippen molar-refractivity contribution in [2.75, 3.05) is 7.11 Å². The molecule has 1 amide bonds. The molecule has 2 rings (SSSR count). The highest BCUT2D eigenvalue weighted by atomic mass is 19.3. The Balaban J connectivity index is 2.12. The van der Waals surface area contributed by atoms with Crippen molar-refractivity contribution < 1.29 is 36.6 Å². The fourth-order valence-electron chi connectivity index (χ4n) is 2.25. The van der Waals surface area contributed by atoms with Crippen LogP contribution in [0.3, 0.4) is 0 Å². The maximum Gasteiger partial charge on any atom is 0.389 e. The van der Waals surface area contributed by atoms with Crippen molar-refractivity contribution in [1.29, 1.82) is 0 Å². The van der Waals surface area contributed by atoms with Crippen LogP contribution >= 0.6 is 0 Å². The molecule has 0 spiro atoms. The monoisotopic (exact) mass is 389 g/mol. The first kappa shape index (κ1) is 20.6. The van der Waals surface area contributed by atoms with E-state index in [2.05, 4.69) is 0 Å².